The second kappa shape index (κ2) is 19.5. The standard InChI is InChI=1S/C33H39O3P.C21H21O3P/c1-20(2)27-18-23-13-7-9-15-25(23)30-31-26-16-10-8-14-24(26)19-28(21(3)4)33(31)36-37(35-32(27)30)34-29-17-11-6-12-22(29)5;1-16-10-4-7-13-19(16)22-25(23-20-14-8-5-11-17(20)2)24-21-15-9-6-12-18(21)3/h6,11-12,17-21H,7-10,13-16H2,1-5H3;4-15H,1-3H3. The van der Waals surface area contributed by atoms with Crippen molar-refractivity contribution in [2.75, 3.05) is 0 Å². The Morgan fingerprint density at radius 3 is 1.16 bits per heavy atom. The highest BCUT2D eigenvalue weighted by Crippen LogP contribution is 2.48. The molecule has 7 aromatic rings. The molecule has 2 aliphatic carbocycles. The Kier molecular flexibility index (Phi) is 13.7. The number of benzene rings is 6. The lowest BCUT2D eigenvalue weighted by Crippen LogP contribution is -2.09. The van der Waals surface area contributed by atoms with E-state index in [9.17, 15) is 0 Å². The first-order valence-corrected chi connectivity index (χ1v) is 24.5. The molecule has 0 atom stereocenters. The van der Waals surface area contributed by atoms with Crippen molar-refractivity contribution < 1.29 is 26.5 Å². The van der Waals surface area contributed by atoms with Gasteiger partial charge in [-0.2, -0.15) is 0 Å². The molecule has 0 bridgehead atoms. The van der Waals surface area contributed by atoms with E-state index in [2.05, 4.69) is 52.8 Å². The second-order valence-electron chi connectivity index (χ2n) is 17.4. The fraction of sp³-hybridized carbons (Fsp3) is 0.333. The molecule has 6 aromatic carbocycles. The average Bonchev–Trinajstić information content (AvgIpc) is 3.44. The zero-order chi connectivity index (χ0) is 43.3. The first kappa shape index (κ1) is 43.5. The lowest BCUT2D eigenvalue weighted by Gasteiger charge is -2.24. The summed E-state index contributed by atoms with van der Waals surface area (Å²) in [6.07, 6.45) is 9.51. The third-order valence-corrected chi connectivity index (χ3v) is 14.2. The van der Waals surface area contributed by atoms with Crippen LogP contribution in [0.25, 0.3) is 21.9 Å². The molecular formula is C54H60O6P2. The van der Waals surface area contributed by atoms with E-state index in [-0.39, 0.29) is 0 Å². The van der Waals surface area contributed by atoms with Gasteiger partial charge in [0.15, 0.2) is 0 Å². The molecule has 0 spiro atoms. The summed E-state index contributed by atoms with van der Waals surface area (Å²) in [7, 11) is -3.31. The molecule has 0 radical (unpaired) electrons. The number of para-hydroxylation sites is 4. The molecule has 322 valence electrons. The molecule has 0 N–H and O–H groups in total. The Hall–Kier alpha value is -5.15. The molecule has 0 amide bonds. The third kappa shape index (κ3) is 9.58. The number of fused-ring (bicyclic) bond motifs is 7. The number of rotatable bonds is 10. The zero-order valence-corrected chi connectivity index (χ0v) is 39.3. The lowest BCUT2D eigenvalue weighted by molar-refractivity contribution is 0.385. The fourth-order valence-corrected chi connectivity index (χ4v) is 11.0. The van der Waals surface area contributed by atoms with Gasteiger partial charge in [-0.05, 0) is 171 Å². The van der Waals surface area contributed by atoms with E-state index >= 15 is 0 Å². The summed E-state index contributed by atoms with van der Waals surface area (Å²) >= 11 is 0. The van der Waals surface area contributed by atoms with Crippen LogP contribution in [0.15, 0.2) is 118 Å². The molecule has 1 heterocycles. The molecule has 1 aromatic heterocycles. The van der Waals surface area contributed by atoms with Gasteiger partial charge >= 0.3 is 16.8 Å². The number of hydrogen-bond donors (Lipinski definition) is 0. The topological polar surface area (TPSA) is 63.2 Å². The first-order chi connectivity index (χ1) is 30.0. The highest BCUT2D eigenvalue weighted by Gasteiger charge is 2.27. The van der Waals surface area contributed by atoms with E-state index in [0.29, 0.717) is 11.8 Å². The zero-order valence-electron chi connectivity index (χ0n) is 37.5. The van der Waals surface area contributed by atoms with E-state index in [1.165, 1.54) is 69.8 Å². The Morgan fingerprint density at radius 2 is 0.806 bits per heavy atom. The van der Waals surface area contributed by atoms with Gasteiger partial charge in [0.05, 0.1) is 0 Å². The summed E-state index contributed by atoms with van der Waals surface area (Å²) in [4.78, 5) is 0. The normalized spacial score (nSPS) is 13.4. The van der Waals surface area contributed by atoms with Crippen LogP contribution in [0.1, 0.15) is 121 Å². The van der Waals surface area contributed by atoms with Crippen molar-refractivity contribution >= 4 is 38.8 Å². The van der Waals surface area contributed by atoms with Gasteiger partial charge < -0.3 is 26.5 Å². The quantitative estimate of drug-likeness (QED) is 0.128. The Labute approximate surface area is 370 Å². The van der Waals surface area contributed by atoms with Crippen molar-refractivity contribution in [2.24, 2.45) is 0 Å². The highest BCUT2D eigenvalue weighted by atomic mass is 31.2. The van der Waals surface area contributed by atoms with Crippen molar-refractivity contribution in [3.63, 3.8) is 0 Å². The van der Waals surface area contributed by atoms with Crippen molar-refractivity contribution in [2.45, 2.75) is 119 Å². The molecule has 0 saturated carbocycles. The molecule has 0 saturated heterocycles. The van der Waals surface area contributed by atoms with Gasteiger partial charge in [-0.25, -0.2) is 0 Å². The van der Waals surface area contributed by atoms with E-state index in [0.717, 1.165) is 82.1 Å². The van der Waals surface area contributed by atoms with E-state index in [4.69, 9.17) is 26.5 Å². The number of hydrogen-bond acceptors (Lipinski definition) is 6. The third-order valence-electron chi connectivity index (χ3n) is 12.2. The van der Waals surface area contributed by atoms with Crippen molar-refractivity contribution in [3.8, 4) is 23.0 Å². The van der Waals surface area contributed by atoms with Crippen LogP contribution in [0.2, 0.25) is 0 Å². The molecule has 6 nitrogen and oxygen atoms in total. The maximum absolute atomic E-state index is 6.90. The van der Waals surface area contributed by atoms with Gasteiger partial charge in [0, 0.05) is 10.8 Å². The van der Waals surface area contributed by atoms with Crippen LogP contribution in [-0.4, -0.2) is 0 Å². The van der Waals surface area contributed by atoms with Gasteiger partial charge in [0.2, 0.25) is 0 Å². The van der Waals surface area contributed by atoms with Gasteiger partial charge in [-0.1, -0.05) is 113 Å². The van der Waals surface area contributed by atoms with E-state index < -0.39 is 16.8 Å². The van der Waals surface area contributed by atoms with E-state index in [1.807, 2.05) is 112 Å². The Balaban J connectivity index is 0.000000185. The molecule has 0 unspecified atom stereocenters. The maximum atomic E-state index is 6.90. The summed E-state index contributed by atoms with van der Waals surface area (Å²) in [6.45, 7) is 17.2. The first-order valence-electron chi connectivity index (χ1n) is 22.3. The van der Waals surface area contributed by atoms with Crippen LogP contribution in [0, 0.1) is 27.7 Å². The monoisotopic (exact) mass is 866 g/mol. The SMILES string of the molecule is Cc1ccccc1OP(Oc1ccccc1C)Oc1ccccc1C.Cc1ccccc1Op1oc2c(C(C)C)cc3c(c2c2c4c(cc(C(C)C)c2o1)CCCC4)CCCC3. The molecular weight excluding hydrogens is 807 g/mol. The largest absolute Gasteiger partial charge is 0.530 e. The van der Waals surface area contributed by atoms with Crippen LogP contribution in [0.5, 0.6) is 23.0 Å². The molecule has 0 aliphatic heterocycles. The minimum atomic E-state index is -1.67. The van der Waals surface area contributed by atoms with E-state index in [1.54, 1.807) is 0 Å². The molecule has 2 aliphatic rings. The predicted octanol–water partition coefficient (Wildman–Crippen LogP) is 16.8. The van der Waals surface area contributed by atoms with Gasteiger partial charge in [-0.15, -0.1) is 0 Å². The Morgan fingerprint density at radius 1 is 0.468 bits per heavy atom. The molecule has 0 fully saturated rings. The van der Waals surface area contributed by atoms with Crippen LogP contribution in [0.4, 0.5) is 0 Å². The minimum Gasteiger partial charge on any atom is -0.408 e. The van der Waals surface area contributed by atoms with Crippen LogP contribution in [-0.2, 0) is 25.7 Å². The minimum absolute atomic E-state index is 0.349. The van der Waals surface area contributed by atoms with Crippen molar-refractivity contribution in [3.05, 3.63) is 165 Å². The summed E-state index contributed by atoms with van der Waals surface area (Å²) in [6, 6.07) is 36.6. The summed E-state index contributed by atoms with van der Waals surface area (Å²) in [5.74, 6) is 3.80. The van der Waals surface area contributed by atoms with Gasteiger partial charge in [0.25, 0.3) is 0 Å². The second-order valence-corrected chi connectivity index (χ2v) is 19.4. The maximum Gasteiger partial charge on any atom is 0.530 e. The lowest BCUT2D eigenvalue weighted by atomic mass is 9.80. The van der Waals surface area contributed by atoms with Gasteiger partial charge in [-0.3, -0.25) is 0 Å². The highest BCUT2D eigenvalue weighted by molar-refractivity contribution is 7.43. The van der Waals surface area contributed by atoms with Crippen molar-refractivity contribution in [1.82, 2.24) is 0 Å². The molecule has 9 rings (SSSR count). The van der Waals surface area contributed by atoms with Gasteiger partial charge in [0.1, 0.15) is 34.2 Å². The number of aryl methyl sites for hydroxylation is 8. The van der Waals surface area contributed by atoms with Crippen molar-refractivity contribution in [1.29, 1.82) is 0 Å². The van der Waals surface area contributed by atoms with Crippen LogP contribution >= 0.6 is 16.8 Å². The summed E-state index contributed by atoms with van der Waals surface area (Å²) in [5, 5.41) is 2.63. The van der Waals surface area contributed by atoms with Crippen LogP contribution in [0.3, 0.4) is 0 Å². The summed E-state index contributed by atoms with van der Waals surface area (Å²) in [5.41, 5.74) is 14.8. The smallest absolute Gasteiger partial charge is 0.408 e. The fourth-order valence-electron chi connectivity index (χ4n) is 8.62. The average molecular weight is 867 g/mol. The Bertz CT molecular complexity index is 2530. The van der Waals surface area contributed by atoms with Crippen LogP contribution < -0.4 is 18.1 Å². The predicted molar refractivity (Wildman–Crippen MR) is 257 cm³/mol. The molecule has 62 heavy (non-hydrogen) atoms. The summed E-state index contributed by atoms with van der Waals surface area (Å²) < 4.78 is 38.6. The molecule has 8 heteroatoms.